The number of methoxy groups -OCH3 is 1. The average molecular weight is 343 g/mol. The Morgan fingerprint density at radius 1 is 1.26 bits per heavy atom. The molecule has 0 saturated heterocycles. The molecule has 0 aliphatic rings. The SMILES string of the molecule is CCOc1c(Cl)cc(C(=O)NCC(=O)NC(C)(C)C)cc1OC. The molecular weight excluding hydrogens is 320 g/mol. The molecule has 0 unspecified atom stereocenters. The van der Waals surface area contributed by atoms with E-state index in [4.69, 9.17) is 21.1 Å². The second-order valence-electron chi connectivity index (χ2n) is 5.90. The second kappa shape index (κ2) is 8.06. The highest BCUT2D eigenvalue weighted by Gasteiger charge is 2.17. The van der Waals surface area contributed by atoms with Crippen molar-refractivity contribution in [2.24, 2.45) is 0 Å². The Hall–Kier alpha value is -1.95. The summed E-state index contributed by atoms with van der Waals surface area (Å²) >= 11 is 6.12. The van der Waals surface area contributed by atoms with E-state index in [0.29, 0.717) is 23.7 Å². The van der Waals surface area contributed by atoms with E-state index in [1.165, 1.54) is 19.2 Å². The molecule has 2 N–H and O–H groups in total. The van der Waals surface area contributed by atoms with Crippen LogP contribution in [0.15, 0.2) is 12.1 Å². The smallest absolute Gasteiger partial charge is 0.251 e. The molecule has 6 nitrogen and oxygen atoms in total. The van der Waals surface area contributed by atoms with E-state index < -0.39 is 5.91 Å². The Labute approximate surface area is 141 Å². The number of nitrogens with one attached hydrogen (secondary N) is 2. The summed E-state index contributed by atoms with van der Waals surface area (Å²) in [4.78, 5) is 23.9. The Kier molecular flexibility index (Phi) is 6.69. The molecule has 2 amide bonds. The lowest BCUT2D eigenvalue weighted by atomic mass is 10.1. The van der Waals surface area contributed by atoms with Crippen LogP contribution in [-0.2, 0) is 4.79 Å². The predicted molar refractivity (Wildman–Crippen MR) is 89.4 cm³/mol. The van der Waals surface area contributed by atoms with E-state index in [9.17, 15) is 9.59 Å². The largest absolute Gasteiger partial charge is 0.493 e. The topological polar surface area (TPSA) is 76.7 Å². The summed E-state index contributed by atoms with van der Waals surface area (Å²) in [6.45, 7) is 7.72. The number of carbonyl (C=O) groups is 2. The molecule has 128 valence electrons. The van der Waals surface area contributed by atoms with Gasteiger partial charge in [0.25, 0.3) is 5.91 Å². The van der Waals surface area contributed by atoms with Crippen molar-refractivity contribution in [1.82, 2.24) is 10.6 Å². The average Bonchev–Trinajstić information content (AvgIpc) is 2.44. The summed E-state index contributed by atoms with van der Waals surface area (Å²) in [5.41, 5.74) is -0.0631. The first kappa shape index (κ1) is 19.1. The van der Waals surface area contributed by atoms with Gasteiger partial charge in [0, 0.05) is 11.1 Å². The van der Waals surface area contributed by atoms with Crippen LogP contribution in [0.1, 0.15) is 38.1 Å². The number of halogens is 1. The van der Waals surface area contributed by atoms with Gasteiger partial charge in [-0.05, 0) is 39.8 Å². The molecule has 0 aliphatic heterocycles. The van der Waals surface area contributed by atoms with Gasteiger partial charge < -0.3 is 20.1 Å². The Balaban J connectivity index is 2.81. The van der Waals surface area contributed by atoms with Gasteiger partial charge in [0.2, 0.25) is 5.91 Å². The molecule has 0 bridgehead atoms. The van der Waals surface area contributed by atoms with Gasteiger partial charge in [-0.3, -0.25) is 9.59 Å². The van der Waals surface area contributed by atoms with Gasteiger partial charge in [-0.25, -0.2) is 0 Å². The Bertz CT molecular complexity index is 582. The van der Waals surface area contributed by atoms with Gasteiger partial charge >= 0.3 is 0 Å². The zero-order valence-electron chi connectivity index (χ0n) is 14.1. The fourth-order valence-corrected chi connectivity index (χ4v) is 2.13. The summed E-state index contributed by atoms with van der Waals surface area (Å²) in [5, 5.41) is 5.58. The van der Waals surface area contributed by atoms with Crippen LogP contribution in [0.3, 0.4) is 0 Å². The Morgan fingerprint density at radius 3 is 2.43 bits per heavy atom. The van der Waals surface area contributed by atoms with Crippen LogP contribution in [-0.4, -0.2) is 37.6 Å². The minimum Gasteiger partial charge on any atom is -0.493 e. The van der Waals surface area contributed by atoms with Gasteiger partial charge in [0.05, 0.1) is 25.3 Å². The first-order chi connectivity index (χ1) is 10.7. The molecule has 0 saturated carbocycles. The third kappa shape index (κ3) is 5.98. The number of carbonyl (C=O) groups excluding carboxylic acids is 2. The van der Waals surface area contributed by atoms with E-state index in [2.05, 4.69) is 10.6 Å². The van der Waals surface area contributed by atoms with Crippen molar-refractivity contribution in [2.45, 2.75) is 33.2 Å². The Morgan fingerprint density at radius 2 is 1.91 bits per heavy atom. The molecule has 0 fully saturated rings. The lowest BCUT2D eigenvalue weighted by Crippen LogP contribution is -2.45. The highest BCUT2D eigenvalue weighted by atomic mass is 35.5. The van der Waals surface area contributed by atoms with Gasteiger partial charge in [-0.1, -0.05) is 11.6 Å². The van der Waals surface area contributed by atoms with E-state index in [1.807, 2.05) is 27.7 Å². The van der Waals surface area contributed by atoms with Crippen LogP contribution >= 0.6 is 11.6 Å². The molecule has 0 atom stereocenters. The first-order valence-electron chi connectivity index (χ1n) is 7.27. The maximum absolute atomic E-state index is 12.2. The summed E-state index contributed by atoms with van der Waals surface area (Å²) in [6.07, 6.45) is 0. The number of ether oxygens (including phenoxy) is 2. The summed E-state index contributed by atoms with van der Waals surface area (Å²) < 4.78 is 10.6. The fourth-order valence-electron chi connectivity index (χ4n) is 1.86. The predicted octanol–water partition coefficient (Wildman–Crippen LogP) is 2.39. The number of amides is 2. The van der Waals surface area contributed by atoms with Gasteiger partial charge in [0.1, 0.15) is 0 Å². The molecule has 0 aliphatic carbocycles. The molecular formula is C16H23ClN2O4. The zero-order valence-corrected chi connectivity index (χ0v) is 14.8. The number of hydrogen-bond donors (Lipinski definition) is 2. The lowest BCUT2D eigenvalue weighted by molar-refractivity contribution is -0.121. The normalized spacial score (nSPS) is 10.9. The van der Waals surface area contributed by atoms with Crippen molar-refractivity contribution in [3.05, 3.63) is 22.7 Å². The van der Waals surface area contributed by atoms with Crippen LogP contribution < -0.4 is 20.1 Å². The summed E-state index contributed by atoms with van der Waals surface area (Å²) in [6, 6.07) is 3.00. The molecule has 1 aromatic rings. The third-order valence-corrected chi connectivity index (χ3v) is 2.98. The van der Waals surface area contributed by atoms with Crippen LogP contribution in [0.4, 0.5) is 0 Å². The van der Waals surface area contributed by atoms with Crippen molar-refractivity contribution in [2.75, 3.05) is 20.3 Å². The van der Waals surface area contributed by atoms with Crippen molar-refractivity contribution >= 4 is 23.4 Å². The van der Waals surface area contributed by atoms with Crippen molar-refractivity contribution in [3.8, 4) is 11.5 Å². The van der Waals surface area contributed by atoms with Crippen LogP contribution in [0.2, 0.25) is 5.02 Å². The molecule has 1 rings (SSSR count). The monoisotopic (exact) mass is 342 g/mol. The molecule has 0 heterocycles. The van der Waals surface area contributed by atoms with Crippen molar-refractivity contribution < 1.29 is 19.1 Å². The fraction of sp³-hybridized carbons (Fsp3) is 0.500. The van der Waals surface area contributed by atoms with Gasteiger partial charge in [0.15, 0.2) is 11.5 Å². The highest BCUT2D eigenvalue weighted by molar-refractivity contribution is 6.32. The second-order valence-corrected chi connectivity index (χ2v) is 6.31. The quantitative estimate of drug-likeness (QED) is 0.832. The van der Waals surface area contributed by atoms with Gasteiger partial charge in [-0.2, -0.15) is 0 Å². The van der Waals surface area contributed by atoms with E-state index in [1.54, 1.807) is 0 Å². The molecule has 0 radical (unpaired) electrons. The van der Waals surface area contributed by atoms with E-state index in [0.717, 1.165) is 0 Å². The lowest BCUT2D eigenvalue weighted by Gasteiger charge is -2.20. The van der Waals surface area contributed by atoms with E-state index in [-0.39, 0.29) is 23.0 Å². The summed E-state index contributed by atoms with van der Waals surface area (Å²) in [5.74, 6) is 0.0643. The minimum atomic E-state index is -0.419. The van der Waals surface area contributed by atoms with E-state index >= 15 is 0 Å². The highest BCUT2D eigenvalue weighted by Crippen LogP contribution is 2.36. The zero-order chi connectivity index (χ0) is 17.6. The maximum Gasteiger partial charge on any atom is 0.251 e. The van der Waals surface area contributed by atoms with Crippen LogP contribution in [0.25, 0.3) is 0 Å². The molecule has 0 aromatic heterocycles. The molecule has 7 heteroatoms. The number of rotatable bonds is 6. The molecule has 0 spiro atoms. The number of hydrogen-bond acceptors (Lipinski definition) is 4. The van der Waals surface area contributed by atoms with Crippen molar-refractivity contribution in [1.29, 1.82) is 0 Å². The minimum absolute atomic E-state index is 0.122. The van der Waals surface area contributed by atoms with Crippen LogP contribution in [0, 0.1) is 0 Å². The summed E-state index contributed by atoms with van der Waals surface area (Å²) in [7, 11) is 1.46. The van der Waals surface area contributed by atoms with Crippen LogP contribution in [0.5, 0.6) is 11.5 Å². The molecule has 1 aromatic carbocycles. The number of benzene rings is 1. The van der Waals surface area contributed by atoms with Gasteiger partial charge in [-0.15, -0.1) is 0 Å². The maximum atomic E-state index is 12.2. The molecule has 23 heavy (non-hydrogen) atoms. The first-order valence-corrected chi connectivity index (χ1v) is 7.65. The standard InChI is InChI=1S/C16H23ClN2O4/c1-6-23-14-11(17)7-10(8-12(14)22-5)15(21)18-9-13(20)19-16(2,3)4/h7-8H,6,9H2,1-5H3,(H,18,21)(H,19,20). The third-order valence-electron chi connectivity index (χ3n) is 2.70. The van der Waals surface area contributed by atoms with Crippen molar-refractivity contribution in [3.63, 3.8) is 0 Å².